The summed E-state index contributed by atoms with van der Waals surface area (Å²) in [5.74, 6) is -0.399. The highest BCUT2D eigenvalue weighted by molar-refractivity contribution is 7.52. The lowest BCUT2D eigenvalue weighted by molar-refractivity contribution is -0.119. The van der Waals surface area contributed by atoms with Crippen LogP contribution in [0, 0.1) is 0 Å². The minimum atomic E-state index is -3.72. The number of primary amides is 1. The molecule has 14 heteroatoms. The first-order valence-corrected chi connectivity index (χ1v) is 13.3. The SMILES string of the molecule is CCOP(=O)(O)CN1CCCN(COCN)CCN(COCN)CCCN(CC(N)=O)CC1. The van der Waals surface area contributed by atoms with Crippen molar-refractivity contribution < 1.29 is 28.3 Å². The largest absolute Gasteiger partial charge is 0.369 e. The number of carbonyl (C=O) groups excluding carboxylic acids is 1. The van der Waals surface area contributed by atoms with Gasteiger partial charge in [-0.25, -0.2) is 0 Å². The Hall–Kier alpha value is -0.700. The molecular weight excluding hydrogens is 453 g/mol. The van der Waals surface area contributed by atoms with Gasteiger partial charge in [0, 0.05) is 45.8 Å². The summed E-state index contributed by atoms with van der Waals surface area (Å²) in [5.41, 5.74) is 16.4. The van der Waals surface area contributed by atoms with Gasteiger partial charge < -0.3 is 36.1 Å². The third kappa shape index (κ3) is 15.0. The lowest BCUT2D eigenvalue weighted by Gasteiger charge is -2.31. The summed E-state index contributed by atoms with van der Waals surface area (Å²) in [6.45, 7) is 8.45. The quantitative estimate of drug-likeness (QED) is 0.181. The van der Waals surface area contributed by atoms with E-state index in [1.165, 1.54) is 0 Å². The van der Waals surface area contributed by atoms with Gasteiger partial charge in [0.15, 0.2) is 0 Å². The van der Waals surface area contributed by atoms with Crippen LogP contribution >= 0.6 is 7.60 Å². The van der Waals surface area contributed by atoms with E-state index in [0.29, 0.717) is 39.6 Å². The monoisotopic (exact) mass is 497 g/mol. The Bertz CT molecular complexity index is 577. The van der Waals surface area contributed by atoms with Crippen LogP contribution < -0.4 is 17.2 Å². The Morgan fingerprint density at radius 3 is 1.79 bits per heavy atom. The molecule has 1 rings (SSSR count). The normalized spacial score (nSPS) is 21.5. The predicted molar refractivity (Wildman–Crippen MR) is 126 cm³/mol. The van der Waals surface area contributed by atoms with Crippen molar-refractivity contribution in [2.75, 3.05) is 98.7 Å². The molecule has 1 fully saturated rings. The van der Waals surface area contributed by atoms with Crippen molar-refractivity contribution in [2.24, 2.45) is 17.2 Å². The highest BCUT2D eigenvalue weighted by Crippen LogP contribution is 2.42. The first-order valence-electron chi connectivity index (χ1n) is 11.5. The van der Waals surface area contributed by atoms with Crippen molar-refractivity contribution in [3.8, 4) is 0 Å². The van der Waals surface area contributed by atoms with Crippen molar-refractivity contribution in [2.45, 2.75) is 19.8 Å². The first kappa shape index (κ1) is 30.3. The van der Waals surface area contributed by atoms with Gasteiger partial charge in [0.25, 0.3) is 0 Å². The van der Waals surface area contributed by atoms with E-state index in [4.69, 9.17) is 31.2 Å². The number of nitrogens with zero attached hydrogens (tertiary/aromatic N) is 4. The van der Waals surface area contributed by atoms with E-state index >= 15 is 0 Å². The average molecular weight is 498 g/mol. The van der Waals surface area contributed by atoms with Crippen molar-refractivity contribution in [3.05, 3.63) is 0 Å². The Morgan fingerprint density at radius 2 is 1.30 bits per heavy atom. The van der Waals surface area contributed by atoms with Crippen LogP contribution in [0.1, 0.15) is 19.8 Å². The van der Waals surface area contributed by atoms with E-state index in [1.807, 2.05) is 9.80 Å². The second-order valence-corrected chi connectivity index (χ2v) is 9.82. The summed E-state index contributed by atoms with van der Waals surface area (Å²) in [6.07, 6.45) is 1.50. The Morgan fingerprint density at radius 1 is 0.848 bits per heavy atom. The second kappa shape index (κ2) is 17.7. The number of rotatable bonds is 12. The van der Waals surface area contributed by atoms with Crippen LogP contribution in [0.5, 0.6) is 0 Å². The van der Waals surface area contributed by atoms with Gasteiger partial charge in [0.1, 0.15) is 19.7 Å². The fourth-order valence-corrected chi connectivity index (χ4v) is 4.96. The maximum absolute atomic E-state index is 12.4. The van der Waals surface area contributed by atoms with E-state index in [0.717, 1.165) is 39.0 Å². The average Bonchev–Trinajstić information content (AvgIpc) is 2.74. The van der Waals surface area contributed by atoms with Crippen LogP contribution in [0.2, 0.25) is 0 Å². The molecule has 1 heterocycles. The molecule has 1 aliphatic rings. The molecule has 0 aliphatic carbocycles. The minimum Gasteiger partial charge on any atom is -0.369 e. The molecule has 1 saturated heterocycles. The van der Waals surface area contributed by atoms with Gasteiger partial charge in [0.2, 0.25) is 5.91 Å². The lowest BCUT2D eigenvalue weighted by Crippen LogP contribution is -2.44. The maximum atomic E-state index is 12.4. The molecule has 0 bridgehead atoms. The molecule has 196 valence electrons. The van der Waals surface area contributed by atoms with Crippen LogP contribution in [0.3, 0.4) is 0 Å². The van der Waals surface area contributed by atoms with Crippen molar-refractivity contribution in [1.29, 1.82) is 0 Å². The maximum Gasteiger partial charge on any atom is 0.341 e. The first-order chi connectivity index (χ1) is 15.8. The summed E-state index contributed by atoms with van der Waals surface area (Å²) >= 11 is 0. The zero-order chi connectivity index (χ0) is 24.5. The zero-order valence-electron chi connectivity index (χ0n) is 20.0. The van der Waals surface area contributed by atoms with Gasteiger partial charge in [-0.05, 0) is 26.3 Å². The van der Waals surface area contributed by atoms with Crippen LogP contribution in [0.15, 0.2) is 0 Å². The van der Waals surface area contributed by atoms with E-state index in [-0.39, 0.29) is 32.9 Å². The molecule has 1 atom stereocenters. The lowest BCUT2D eigenvalue weighted by atomic mass is 10.3. The molecule has 0 saturated carbocycles. The topological polar surface area (TPSA) is 173 Å². The number of amides is 1. The highest BCUT2D eigenvalue weighted by Gasteiger charge is 2.24. The van der Waals surface area contributed by atoms with E-state index in [1.54, 1.807) is 6.92 Å². The van der Waals surface area contributed by atoms with Crippen LogP contribution in [0.4, 0.5) is 0 Å². The molecule has 0 spiro atoms. The molecule has 0 radical (unpaired) electrons. The number of hydrogen-bond donors (Lipinski definition) is 4. The second-order valence-electron chi connectivity index (χ2n) is 8.00. The smallest absolute Gasteiger partial charge is 0.341 e. The van der Waals surface area contributed by atoms with Gasteiger partial charge >= 0.3 is 7.60 Å². The van der Waals surface area contributed by atoms with Crippen LogP contribution in [0.25, 0.3) is 0 Å². The van der Waals surface area contributed by atoms with Crippen molar-refractivity contribution >= 4 is 13.5 Å². The van der Waals surface area contributed by atoms with Gasteiger partial charge in [-0.2, -0.15) is 0 Å². The van der Waals surface area contributed by atoms with Gasteiger partial charge in [-0.3, -0.25) is 29.0 Å². The molecule has 0 aromatic heterocycles. The molecule has 1 aliphatic heterocycles. The van der Waals surface area contributed by atoms with Crippen LogP contribution in [-0.4, -0.2) is 129 Å². The van der Waals surface area contributed by atoms with E-state index in [9.17, 15) is 14.3 Å². The molecule has 1 unspecified atom stereocenters. The Kier molecular flexibility index (Phi) is 16.3. The fraction of sp³-hybridized carbons (Fsp3) is 0.947. The number of ether oxygens (including phenoxy) is 2. The summed E-state index contributed by atoms with van der Waals surface area (Å²) in [5, 5.41) is 0. The molecule has 0 aromatic rings. The molecule has 13 nitrogen and oxygen atoms in total. The van der Waals surface area contributed by atoms with Gasteiger partial charge in [-0.15, -0.1) is 0 Å². The molecular formula is C19H44N7O6P. The molecule has 33 heavy (non-hydrogen) atoms. The number of hydrogen-bond acceptors (Lipinski definition) is 11. The van der Waals surface area contributed by atoms with E-state index in [2.05, 4.69) is 9.80 Å². The van der Waals surface area contributed by atoms with Crippen molar-refractivity contribution in [3.63, 3.8) is 0 Å². The molecule has 1 amide bonds. The minimum absolute atomic E-state index is 0.0608. The van der Waals surface area contributed by atoms with Crippen molar-refractivity contribution in [1.82, 2.24) is 19.6 Å². The number of carbonyl (C=O) groups is 1. The Balaban J connectivity index is 2.90. The molecule has 0 aromatic carbocycles. The van der Waals surface area contributed by atoms with Gasteiger partial charge in [0.05, 0.1) is 26.6 Å². The van der Waals surface area contributed by atoms with E-state index < -0.39 is 13.5 Å². The fourth-order valence-electron chi connectivity index (χ4n) is 3.69. The third-order valence-electron chi connectivity index (χ3n) is 5.23. The third-order valence-corrected chi connectivity index (χ3v) is 6.65. The van der Waals surface area contributed by atoms with Gasteiger partial charge in [-0.1, -0.05) is 0 Å². The van der Waals surface area contributed by atoms with Crippen LogP contribution in [-0.2, 0) is 23.4 Å². The summed E-state index contributed by atoms with van der Waals surface area (Å²) in [4.78, 5) is 29.9. The molecule has 7 N–H and O–H groups in total. The summed E-state index contributed by atoms with van der Waals surface area (Å²) in [6, 6.07) is 0. The standard InChI is InChI=1S/C19H44N7O6P/c1-2-32-33(28,29)18-26-8-4-7-25(17-31-15-21)11-10-24(16-30-14-20)6-3-5-23(9-12-26)13-19(22)27/h2-18,20-21H2,1H3,(H2,22,27)(H,28,29). The zero-order valence-corrected chi connectivity index (χ0v) is 20.9. The number of nitrogens with two attached hydrogens (primary N) is 3. The summed E-state index contributed by atoms with van der Waals surface area (Å²) < 4.78 is 28.3. The summed E-state index contributed by atoms with van der Waals surface area (Å²) in [7, 11) is -3.72. The predicted octanol–water partition coefficient (Wildman–Crippen LogP) is -1.57. The highest BCUT2D eigenvalue weighted by atomic mass is 31.2. The Labute approximate surface area is 197 Å².